The van der Waals surface area contributed by atoms with Crippen molar-refractivity contribution in [2.45, 2.75) is 52.0 Å². The molecule has 1 aliphatic heterocycles. The molecule has 1 unspecified atom stereocenters. The second-order valence-electron chi connectivity index (χ2n) is 6.95. The van der Waals surface area contributed by atoms with E-state index in [9.17, 15) is 9.59 Å². The van der Waals surface area contributed by atoms with Crippen LogP contribution < -0.4 is 21.1 Å². The lowest BCUT2D eigenvalue weighted by Crippen LogP contribution is -2.41. The Morgan fingerprint density at radius 2 is 2.12 bits per heavy atom. The van der Waals surface area contributed by atoms with Crippen molar-refractivity contribution in [2.24, 2.45) is 11.7 Å². The lowest BCUT2D eigenvalue weighted by molar-refractivity contribution is -0.122. The lowest BCUT2D eigenvalue weighted by atomic mass is 10.0. The van der Waals surface area contributed by atoms with Gasteiger partial charge >= 0.3 is 0 Å². The Morgan fingerprint density at radius 1 is 1.35 bits per heavy atom. The molecule has 1 atom stereocenters. The molecule has 6 nitrogen and oxygen atoms in total. The number of nitrogens with one attached hydrogen (secondary N) is 2. The van der Waals surface area contributed by atoms with E-state index in [4.69, 9.17) is 10.5 Å². The van der Waals surface area contributed by atoms with Gasteiger partial charge in [0.2, 0.25) is 11.8 Å². The molecule has 26 heavy (non-hydrogen) atoms. The van der Waals surface area contributed by atoms with Gasteiger partial charge in [-0.1, -0.05) is 13.8 Å². The molecule has 1 aromatic carbocycles. The minimum atomic E-state index is 0. The highest BCUT2D eigenvalue weighted by atomic mass is 35.5. The average molecular weight is 384 g/mol. The number of nitrogens with two attached hydrogens (primary N) is 1. The van der Waals surface area contributed by atoms with Gasteiger partial charge in [-0.05, 0) is 48.9 Å². The monoisotopic (exact) mass is 383 g/mol. The minimum absolute atomic E-state index is 0. The zero-order valence-electron chi connectivity index (χ0n) is 15.5. The maximum atomic E-state index is 12.0. The van der Waals surface area contributed by atoms with Crippen molar-refractivity contribution in [1.29, 1.82) is 0 Å². The van der Waals surface area contributed by atoms with Crippen LogP contribution in [-0.4, -0.2) is 31.0 Å². The fraction of sp³-hybridized carbons (Fsp3) is 0.579. The number of aryl methyl sites for hydroxylation is 1. The molecule has 1 heterocycles. The molecule has 0 spiro atoms. The highest BCUT2D eigenvalue weighted by Crippen LogP contribution is 2.26. The Morgan fingerprint density at radius 3 is 2.81 bits per heavy atom. The first kappa shape index (κ1) is 22.3. The summed E-state index contributed by atoms with van der Waals surface area (Å²) in [5, 5.41) is 5.83. The summed E-state index contributed by atoms with van der Waals surface area (Å²) in [7, 11) is 0. The molecule has 0 saturated carbocycles. The number of benzene rings is 1. The quantitative estimate of drug-likeness (QED) is 0.571. The number of hydrogen-bond donors (Lipinski definition) is 3. The Kier molecular flexibility index (Phi) is 9.44. The van der Waals surface area contributed by atoms with Crippen LogP contribution in [0, 0.1) is 5.92 Å². The third-order valence-corrected chi connectivity index (χ3v) is 4.19. The van der Waals surface area contributed by atoms with Crippen LogP contribution in [0.3, 0.4) is 0 Å². The summed E-state index contributed by atoms with van der Waals surface area (Å²) in [6.07, 6.45) is 3.21. The van der Waals surface area contributed by atoms with Gasteiger partial charge in [0, 0.05) is 31.1 Å². The molecule has 0 radical (unpaired) electrons. The maximum Gasteiger partial charge on any atom is 0.224 e. The van der Waals surface area contributed by atoms with Gasteiger partial charge in [0.15, 0.2) is 0 Å². The number of rotatable bonds is 9. The number of carbonyl (C=O) groups excluding carboxylic acids is 2. The summed E-state index contributed by atoms with van der Waals surface area (Å²) in [5.41, 5.74) is 7.65. The molecular formula is C19H30ClN3O3. The zero-order chi connectivity index (χ0) is 18.2. The number of carbonyl (C=O) groups is 2. The van der Waals surface area contributed by atoms with Crippen LogP contribution in [0.2, 0.25) is 0 Å². The van der Waals surface area contributed by atoms with Gasteiger partial charge in [-0.25, -0.2) is 0 Å². The minimum Gasteiger partial charge on any atom is -0.494 e. The molecule has 1 aliphatic rings. The Bertz CT molecular complexity index is 608. The molecule has 1 aromatic rings. The fourth-order valence-corrected chi connectivity index (χ4v) is 2.96. The van der Waals surface area contributed by atoms with Gasteiger partial charge in [0.25, 0.3) is 0 Å². The standard InChI is InChI=1S/C19H29N3O3.ClH/c1-13(2)10-15(12-20)21-18(23)4-3-9-25-16-6-7-17-14(11-16)5-8-19(24)22-17;/h6-7,11,13,15H,3-5,8-10,12,20H2,1-2H3,(H,21,23)(H,22,24);1H. The summed E-state index contributed by atoms with van der Waals surface area (Å²) in [6.45, 7) is 5.18. The highest BCUT2D eigenvalue weighted by Gasteiger charge is 2.15. The van der Waals surface area contributed by atoms with Crippen LogP contribution in [0.1, 0.15) is 45.1 Å². The predicted molar refractivity (Wildman–Crippen MR) is 106 cm³/mol. The van der Waals surface area contributed by atoms with E-state index in [1.54, 1.807) is 0 Å². The smallest absolute Gasteiger partial charge is 0.224 e. The molecule has 2 amide bonds. The third kappa shape index (κ3) is 7.22. The second kappa shape index (κ2) is 11.0. The van der Waals surface area contributed by atoms with Crippen LogP contribution in [-0.2, 0) is 16.0 Å². The Hall–Kier alpha value is -1.79. The van der Waals surface area contributed by atoms with E-state index in [0.29, 0.717) is 38.3 Å². The molecule has 0 saturated heterocycles. The van der Waals surface area contributed by atoms with Crippen LogP contribution in [0.15, 0.2) is 18.2 Å². The van der Waals surface area contributed by atoms with Crippen molar-refractivity contribution >= 4 is 29.9 Å². The van der Waals surface area contributed by atoms with Gasteiger partial charge in [-0.15, -0.1) is 12.4 Å². The van der Waals surface area contributed by atoms with Crippen molar-refractivity contribution in [3.05, 3.63) is 23.8 Å². The molecular weight excluding hydrogens is 354 g/mol. The maximum absolute atomic E-state index is 12.0. The summed E-state index contributed by atoms with van der Waals surface area (Å²) in [5.74, 6) is 1.36. The van der Waals surface area contributed by atoms with Crippen LogP contribution in [0.4, 0.5) is 5.69 Å². The number of anilines is 1. The molecule has 0 aliphatic carbocycles. The van der Waals surface area contributed by atoms with E-state index in [-0.39, 0.29) is 30.3 Å². The first-order chi connectivity index (χ1) is 12.0. The van der Waals surface area contributed by atoms with E-state index in [0.717, 1.165) is 29.8 Å². The second-order valence-corrected chi connectivity index (χ2v) is 6.95. The van der Waals surface area contributed by atoms with Crippen molar-refractivity contribution in [2.75, 3.05) is 18.5 Å². The van der Waals surface area contributed by atoms with Gasteiger partial charge in [-0.3, -0.25) is 9.59 Å². The van der Waals surface area contributed by atoms with Crippen LogP contribution >= 0.6 is 12.4 Å². The summed E-state index contributed by atoms with van der Waals surface area (Å²) in [4.78, 5) is 23.3. The number of hydrogen-bond acceptors (Lipinski definition) is 4. The summed E-state index contributed by atoms with van der Waals surface area (Å²) >= 11 is 0. The largest absolute Gasteiger partial charge is 0.494 e. The number of ether oxygens (including phenoxy) is 1. The molecule has 0 fully saturated rings. The van der Waals surface area contributed by atoms with E-state index in [1.165, 1.54) is 0 Å². The van der Waals surface area contributed by atoms with Crippen molar-refractivity contribution in [3.8, 4) is 5.75 Å². The number of amides is 2. The molecule has 2 rings (SSSR count). The van der Waals surface area contributed by atoms with Crippen molar-refractivity contribution in [1.82, 2.24) is 5.32 Å². The van der Waals surface area contributed by atoms with Gasteiger partial charge in [0.1, 0.15) is 5.75 Å². The summed E-state index contributed by atoms with van der Waals surface area (Å²) < 4.78 is 5.73. The topological polar surface area (TPSA) is 93.4 Å². The molecule has 0 aromatic heterocycles. The van der Waals surface area contributed by atoms with Crippen molar-refractivity contribution < 1.29 is 14.3 Å². The van der Waals surface area contributed by atoms with E-state index in [2.05, 4.69) is 24.5 Å². The lowest BCUT2D eigenvalue weighted by Gasteiger charge is -2.19. The molecule has 4 N–H and O–H groups in total. The third-order valence-electron chi connectivity index (χ3n) is 4.19. The molecule has 0 bridgehead atoms. The Labute approximate surface area is 161 Å². The van der Waals surface area contributed by atoms with Crippen LogP contribution in [0.5, 0.6) is 5.75 Å². The van der Waals surface area contributed by atoms with E-state index < -0.39 is 0 Å². The number of fused-ring (bicyclic) bond motifs is 1. The fourth-order valence-electron chi connectivity index (χ4n) is 2.96. The van der Waals surface area contributed by atoms with Gasteiger partial charge < -0.3 is 21.1 Å². The average Bonchev–Trinajstić information content (AvgIpc) is 2.57. The first-order valence-electron chi connectivity index (χ1n) is 9.03. The van der Waals surface area contributed by atoms with E-state index in [1.807, 2.05) is 18.2 Å². The van der Waals surface area contributed by atoms with Crippen LogP contribution in [0.25, 0.3) is 0 Å². The molecule has 146 valence electrons. The first-order valence-corrected chi connectivity index (χ1v) is 9.03. The van der Waals surface area contributed by atoms with Crippen molar-refractivity contribution in [3.63, 3.8) is 0 Å². The van der Waals surface area contributed by atoms with E-state index >= 15 is 0 Å². The predicted octanol–water partition coefficient (Wildman–Crippen LogP) is 2.64. The summed E-state index contributed by atoms with van der Waals surface area (Å²) in [6, 6.07) is 5.72. The SMILES string of the molecule is CC(C)CC(CN)NC(=O)CCCOc1ccc2c(c1)CCC(=O)N2.Cl. The zero-order valence-corrected chi connectivity index (χ0v) is 16.4. The molecule has 7 heteroatoms. The highest BCUT2D eigenvalue weighted by molar-refractivity contribution is 5.94. The normalized spacial score (nSPS) is 14.1. The Balaban J connectivity index is 0.00000338. The number of halogens is 1. The van der Waals surface area contributed by atoms with Gasteiger partial charge in [0.05, 0.1) is 6.61 Å². The van der Waals surface area contributed by atoms with Gasteiger partial charge in [-0.2, -0.15) is 0 Å².